The van der Waals surface area contributed by atoms with Crippen LogP contribution < -0.4 is 10.1 Å². The highest BCUT2D eigenvalue weighted by atomic mass is 16.5. The fraction of sp³-hybridized carbons (Fsp3) is 0.350. The van der Waals surface area contributed by atoms with Gasteiger partial charge in [-0.05, 0) is 30.2 Å². The van der Waals surface area contributed by atoms with Gasteiger partial charge in [-0.3, -0.25) is 14.4 Å². The molecule has 0 saturated heterocycles. The summed E-state index contributed by atoms with van der Waals surface area (Å²) in [5, 5.41) is 11.5. The minimum Gasteiger partial charge on any atom is -0.484 e. The highest BCUT2D eigenvalue weighted by Gasteiger charge is 2.17. The number of hydrogen-bond acceptors (Lipinski definition) is 5. The Labute approximate surface area is 163 Å². The van der Waals surface area contributed by atoms with Gasteiger partial charge >= 0.3 is 5.97 Å². The van der Waals surface area contributed by atoms with E-state index in [1.54, 1.807) is 36.4 Å². The molecule has 8 nitrogen and oxygen atoms in total. The quantitative estimate of drug-likeness (QED) is 0.648. The Kier molecular flexibility index (Phi) is 7.62. The van der Waals surface area contributed by atoms with Crippen LogP contribution in [-0.4, -0.2) is 47.5 Å². The second kappa shape index (κ2) is 10.1. The average molecular weight is 388 g/mol. The highest BCUT2D eigenvalue weighted by Crippen LogP contribution is 2.18. The molecule has 1 aromatic carbocycles. The van der Waals surface area contributed by atoms with E-state index in [-0.39, 0.29) is 37.2 Å². The molecule has 0 radical (unpaired) electrons. The fourth-order valence-corrected chi connectivity index (χ4v) is 2.49. The van der Waals surface area contributed by atoms with Gasteiger partial charge in [0.2, 0.25) is 0 Å². The maximum Gasteiger partial charge on any atom is 0.305 e. The van der Waals surface area contributed by atoms with Crippen molar-refractivity contribution in [1.29, 1.82) is 0 Å². The van der Waals surface area contributed by atoms with Gasteiger partial charge in [0.05, 0.1) is 12.7 Å². The summed E-state index contributed by atoms with van der Waals surface area (Å²) in [6, 6.07) is 9.81. The predicted octanol–water partition coefficient (Wildman–Crippen LogP) is 2.87. The Morgan fingerprint density at radius 1 is 1.21 bits per heavy atom. The number of nitrogens with one attached hydrogen (secondary N) is 1. The molecule has 0 aliphatic heterocycles. The first kappa shape index (κ1) is 21.0. The summed E-state index contributed by atoms with van der Waals surface area (Å²) in [5.41, 5.74) is 0.497. The topological polar surface area (TPSA) is 109 Å². The number of rotatable bonds is 10. The van der Waals surface area contributed by atoms with Gasteiger partial charge in [-0.1, -0.05) is 19.9 Å². The third kappa shape index (κ3) is 6.79. The second-order valence-electron chi connectivity index (χ2n) is 6.63. The van der Waals surface area contributed by atoms with Crippen molar-refractivity contribution < 1.29 is 28.6 Å². The molecule has 0 spiro atoms. The van der Waals surface area contributed by atoms with Crippen LogP contribution in [0.4, 0.5) is 5.69 Å². The van der Waals surface area contributed by atoms with E-state index in [9.17, 15) is 14.4 Å². The standard InChI is InChI=1S/C20H24N2O6/c1-14(2)12-22(9-8-19(24)25)18(23)13-28-16-6-3-5-15(11-16)21-20(26)17-7-4-10-27-17/h3-7,10-11,14H,8-9,12-13H2,1-2H3,(H,21,26)(H,24,25). The molecular weight excluding hydrogens is 364 g/mol. The van der Waals surface area contributed by atoms with Crippen molar-refractivity contribution in [1.82, 2.24) is 4.90 Å². The van der Waals surface area contributed by atoms with Crippen molar-refractivity contribution >= 4 is 23.5 Å². The lowest BCUT2D eigenvalue weighted by Gasteiger charge is -2.24. The molecule has 2 aromatic rings. The van der Waals surface area contributed by atoms with Crippen molar-refractivity contribution in [3.05, 3.63) is 48.4 Å². The lowest BCUT2D eigenvalue weighted by Crippen LogP contribution is -2.38. The number of anilines is 1. The van der Waals surface area contributed by atoms with Crippen molar-refractivity contribution in [3.8, 4) is 5.75 Å². The summed E-state index contributed by atoms with van der Waals surface area (Å²) < 4.78 is 10.6. The van der Waals surface area contributed by atoms with E-state index in [2.05, 4.69) is 5.32 Å². The number of aliphatic carboxylic acids is 1. The van der Waals surface area contributed by atoms with Crippen LogP contribution in [0.3, 0.4) is 0 Å². The second-order valence-corrected chi connectivity index (χ2v) is 6.63. The molecule has 28 heavy (non-hydrogen) atoms. The van der Waals surface area contributed by atoms with Gasteiger partial charge in [0.25, 0.3) is 11.8 Å². The number of furan rings is 1. The van der Waals surface area contributed by atoms with E-state index in [0.717, 1.165) is 0 Å². The van der Waals surface area contributed by atoms with Crippen LogP contribution >= 0.6 is 0 Å². The Bertz CT molecular complexity index is 801. The molecule has 0 unspecified atom stereocenters. The van der Waals surface area contributed by atoms with Crippen molar-refractivity contribution in [2.24, 2.45) is 5.92 Å². The van der Waals surface area contributed by atoms with Crippen LogP contribution in [0.15, 0.2) is 47.1 Å². The zero-order chi connectivity index (χ0) is 20.5. The summed E-state index contributed by atoms with van der Waals surface area (Å²) in [6.07, 6.45) is 1.29. The third-order valence-corrected chi connectivity index (χ3v) is 3.73. The van der Waals surface area contributed by atoms with Crippen molar-refractivity contribution in [3.63, 3.8) is 0 Å². The van der Waals surface area contributed by atoms with Gasteiger partial charge < -0.3 is 24.5 Å². The predicted molar refractivity (Wildman–Crippen MR) is 102 cm³/mol. The SMILES string of the molecule is CC(C)CN(CCC(=O)O)C(=O)COc1cccc(NC(=O)c2ccco2)c1. The fourth-order valence-electron chi connectivity index (χ4n) is 2.49. The molecule has 150 valence electrons. The number of carbonyl (C=O) groups is 3. The van der Waals surface area contributed by atoms with E-state index in [4.69, 9.17) is 14.3 Å². The molecule has 2 N–H and O–H groups in total. The van der Waals surface area contributed by atoms with Crippen molar-refractivity contribution in [2.75, 3.05) is 25.0 Å². The number of carbonyl (C=O) groups excluding carboxylic acids is 2. The summed E-state index contributed by atoms with van der Waals surface area (Å²) >= 11 is 0. The zero-order valence-corrected chi connectivity index (χ0v) is 15.9. The molecule has 2 amide bonds. The summed E-state index contributed by atoms with van der Waals surface area (Å²) in [7, 11) is 0. The Hall–Kier alpha value is -3.29. The number of carboxylic acid groups (broad SMARTS) is 1. The number of amides is 2. The first-order chi connectivity index (χ1) is 13.3. The molecule has 0 saturated carbocycles. The van der Waals surface area contributed by atoms with E-state index in [0.29, 0.717) is 18.0 Å². The Morgan fingerprint density at radius 2 is 2.00 bits per heavy atom. The van der Waals surface area contributed by atoms with Gasteiger partial charge in [-0.25, -0.2) is 0 Å². The number of carboxylic acids is 1. The summed E-state index contributed by atoms with van der Waals surface area (Å²) in [6.45, 7) is 4.27. The number of hydrogen-bond donors (Lipinski definition) is 2. The van der Waals surface area contributed by atoms with Crippen LogP contribution in [0.25, 0.3) is 0 Å². The number of benzene rings is 1. The number of nitrogens with zero attached hydrogens (tertiary/aromatic N) is 1. The molecule has 0 aliphatic rings. The largest absolute Gasteiger partial charge is 0.484 e. The highest BCUT2D eigenvalue weighted by molar-refractivity contribution is 6.02. The first-order valence-corrected chi connectivity index (χ1v) is 8.92. The summed E-state index contributed by atoms with van der Waals surface area (Å²) in [4.78, 5) is 36.7. The van der Waals surface area contributed by atoms with Crippen LogP contribution in [0.5, 0.6) is 5.75 Å². The lowest BCUT2D eigenvalue weighted by molar-refractivity contribution is -0.139. The molecular formula is C20H24N2O6. The molecule has 0 atom stereocenters. The van der Waals surface area contributed by atoms with Gasteiger partial charge in [-0.15, -0.1) is 0 Å². The third-order valence-electron chi connectivity index (χ3n) is 3.73. The number of ether oxygens (including phenoxy) is 1. The molecule has 0 fully saturated rings. The lowest BCUT2D eigenvalue weighted by atomic mass is 10.2. The zero-order valence-electron chi connectivity index (χ0n) is 15.9. The Balaban J connectivity index is 1.94. The summed E-state index contributed by atoms with van der Waals surface area (Å²) in [5.74, 6) is -0.840. The smallest absolute Gasteiger partial charge is 0.305 e. The molecule has 8 heteroatoms. The molecule has 0 aliphatic carbocycles. The van der Waals surface area contributed by atoms with Gasteiger partial charge in [0, 0.05) is 24.8 Å². The Morgan fingerprint density at radius 3 is 2.64 bits per heavy atom. The average Bonchev–Trinajstić information content (AvgIpc) is 3.18. The molecule has 1 heterocycles. The maximum absolute atomic E-state index is 12.4. The minimum atomic E-state index is -0.956. The van der Waals surface area contributed by atoms with E-state index in [1.807, 2.05) is 13.8 Å². The van der Waals surface area contributed by atoms with Gasteiger partial charge in [-0.2, -0.15) is 0 Å². The van der Waals surface area contributed by atoms with Crippen LogP contribution in [0, 0.1) is 5.92 Å². The van der Waals surface area contributed by atoms with E-state index < -0.39 is 11.9 Å². The normalized spacial score (nSPS) is 10.5. The first-order valence-electron chi connectivity index (χ1n) is 8.92. The van der Waals surface area contributed by atoms with Crippen LogP contribution in [0.2, 0.25) is 0 Å². The van der Waals surface area contributed by atoms with Crippen LogP contribution in [-0.2, 0) is 9.59 Å². The van der Waals surface area contributed by atoms with Gasteiger partial charge in [0.15, 0.2) is 12.4 Å². The minimum absolute atomic E-state index is 0.118. The molecule has 2 rings (SSSR count). The maximum atomic E-state index is 12.4. The van der Waals surface area contributed by atoms with Crippen LogP contribution in [0.1, 0.15) is 30.8 Å². The van der Waals surface area contributed by atoms with Crippen molar-refractivity contribution in [2.45, 2.75) is 20.3 Å². The van der Waals surface area contributed by atoms with Gasteiger partial charge in [0.1, 0.15) is 5.75 Å². The van der Waals surface area contributed by atoms with E-state index in [1.165, 1.54) is 11.2 Å². The van der Waals surface area contributed by atoms with E-state index >= 15 is 0 Å². The molecule has 1 aromatic heterocycles. The monoisotopic (exact) mass is 388 g/mol. The molecule has 0 bridgehead atoms.